The number of nitrogens with one attached hydrogen (secondary N) is 1. The average molecular weight is 440 g/mol. The number of fused-ring (bicyclic) bond motifs is 1. The normalized spacial score (nSPS) is 10.9. The number of halogens is 1. The van der Waals surface area contributed by atoms with Crippen LogP contribution in [-0.4, -0.2) is 15.5 Å². The van der Waals surface area contributed by atoms with Crippen LogP contribution < -0.4 is 10.9 Å². The Morgan fingerprint density at radius 2 is 1.96 bits per heavy atom. The fourth-order valence-electron chi connectivity index (χ4n) is 2.80. The summed E-state index contributed by atoms with van der Waals surface area (Å²) < 4.78 is 2.75. The van der Waals surface area contributed by atoms with Crippen LogP contribution in [0.1, 0.15) is 0 Å². The third-order valence-electron chi connectivity index (χ3n) is 4.05. The fraction of sp³-hybridized carbons (Fsp3) is 0.0500. The Bertz CT molecular complexity index is 1180. The standard InChI is InChI=1S/C20H14BrN3O2S/c21-14-7-4-8-15(9-14)23-17(25)10-24-12-22-18-16(11-27-19(18)20(24)26)13-5-2-1-3-6-13/h1-9,11-12H,10H2,(H,23,25). The second-order valence-electron chi connectivity index (χ2n) is 5.93. The largest absolute Gasteiger partial charge is 0.324 e. The van der Waals surface area contributed by atoms with Gasteiger partial charge in [0.2, 0.25) is 5.91 Å². The summed E-state index contributed by atoms with van der Waals surface area (Å²) in [5.41, 5.74) is 3.06. The van der Waals surface area contributed by atoms with Crippen molar-refractivity contribution in [1.29, 1.82) is 0 Å². The van der Waals surface area contributed by atoms with Crippen LogP contribution in [-0.2, 0) is 11.3 Å². The third kappa shape index (κ3) is 3.70. The molecule has 7 heteroatoms. The van der Waals surface area contributed by atoms with E-state index in [1.165, 1.54) is 22.2 Å². The van der Waals surface area contributed by atoms with Crippen molar-refractivity contribution < 1.29 is 4.79 Å². The van der Waals surface area contributed by atoms with Crippen molar-refractivity contribution >= 4 is 49.1 Å². The van der Waals surface area contributed by atoms with Gasteiger partial charge in [0.15, 0.2) is 0 Å². The Hall–Kier alpha value is -2.77. The van der Waals surface area contributed by atoms with Crippen molar-refractivity contribution in [2.45, 2.75) is 6.54 Å². The zero-order chi connectivity index (χ0) is 18.8. The van der Waals surface area contributed by atoms with E-state index in [0.717, 1.165) is 15.6 Å². The van der Waals surface area contributed by atoms with E-state index in [-0.39, 0.29) is 18.0 Å². The summed E-state index contributed by atoms with van der Waals surface area (Å²) in [5, 5.41) is 4.72. The van der Waals surface area contributed by atoms with Crippen LogP contribution in [0.2, 0.25) is 0 Å². The maximum absolute atomic E-state index is 12.8. The molecule has 0 saturated heterocycles. The molecular weight excluding hydrogens is 426 g/mol. The Labute approximate surface area is 167 Å². The van der Waals surface area contributed by atoms with E-state index in [2.05, 4.69) is 26.2 Å². The van der Waals surface area contributed by atoms with Crippen LogP contribution in [0.25, 0.3) is 21.3 Å². The molecule has 2 aromatic heterocycles. The summed E-state index contributed by atoms with van der Waals surface area (Å²) in [6.07, 6.45) is 1.43. The molecule has 0 aliphatic rings. The van der Waals surface area contributed by atoms with E-state index in [9.17, 15) is 9.59 Å². The molecule has 0 radical (unpaired) electrons. The second-order valence-corrected chi connectivity index (χ2v) is 7.72. The summed E-state index contributed by atoms with van der Waals surface area (Å²) in [7, 11) is 0. The van der Waals surface area contributed by atoms with Gasteiger partial charge in [0.05, 0.1) is 11.8 Å². The van der Waals surface area contributed by atoms with Gasteiger partial charge in [-0.3, -0.25) is 14.2 Å². The van der Waals surface area contributed by atoms with Crippen molar-refractivity contribution in [1.82, 2.24) is 9.55 Å². The molecule has 0 fully saturated rings. The quantitative estimate of drug-likeness (QED) is 0.508. The second kappa shape index (κ2) is 7.46. The molecule has 4 aromatic rings. The molecule has 0 spiro atoms. The first-order chi connectivity index (χ1) is 13.1. The first kappa shape index (κ1) is 17.6. The maximum atomic E-state index is 12.8. The highest BCUT2D eigenvalue weighted by Gasteiger charge is 2.14. The van der Waals surface area contributed by atoms with Gasteiger partial charge < -0.3 is 5.32 Å². The van der Waals surface area contributed by atoms with Crippen LogP contribution in [0.5, 0.6) is 0 Å². The number of hydrogen-bond acceptors (Lipinski definition) is 4. The molecule has 27 heavy (non-hydrogen) atoms. The summed E-state index contributed by atoms with van der Waals surface area (Å²) in [5.74, 6) is -0.281. The van der Waals surface area contributed by atoms with Crippen LogP contribution in [0.4, 0.5) is 5.69 Å². The highest BCUT2D eigenvalue weighted by Crippen LogP contribution is 2.30. The van der Waals surface area contributed by atoms with Crippen molar-refractivity contribution in [3.05, 3.63) is 81.1 Å². The average Bonchev–Trinajstić information content (AvgIpc) is 3.09. The van der Waals surface area contributed by atoms with Gasteiger partial charge in [0, 0.05) is 21.1 Å². The van der Waals surface area contributed by atoms with Crippen molar-refractivity contribution in [3.8, 4) is 11.1 Å². The zero-order valence-corrected chi connectivity index (χ0v) is 16.5. The van der Waals surface area contributed by atoms with E-state index in [1.54, 1.807) is 12.1 Å². The molecule has 0 unspecified atom stereocenters. The summed E-state index contributed by atoms with van der Waals surface area (Å²) in [4.78, 5) is 29.5. The van der Waals surface area contributed by atoms with Crippen molar-refractivity contribution in [3.63, 3.8) is 0 Å². The highest BCUT2D eigenvalue weighted by atomic mass is 79.9. The van der Waals surface area contributed by atoms with Crippen molar-refractivity contribution in [2.75, 3.05) is 5.32 Å². The Balaban J connectivity index is 1.61. The molecule has 1 amide bonds. The lowest BCUT2D eigenvalue weighted by Gasteiger charge is -2.08. The molecule has 2 aromatic carbocycles. The van der Waals surface area contributed by atoms with E-state index in [0.29, 0.717) is 15.9 Å². The number of anilines is 1. The number of thiophene rings is 1. The molecule has 0 bridgehead atoms. The molecule has 1 N–H and O–H groups in total. The monoisotopic (exact) mass is 439 g/mol. The predicted octanol–water partition coefficient (Wildman–Crippen LogP) is 4.53. The molecule has 0 atom stereocenters. The molecule has 0 aliphatic carbocycles. The number of nitrogens with zero attached hydrogens (tertiary/aromatic N) is 2. The molecule has 134 valence electrons. The number of hydrogen-bond donors (Lipinski definition) is 1. The molecule has 2 heterocycles. The Kier molecular flexibility index (Phi) is 4.87. The number of carbonyl (C=O) groups is 1. The van der Waals surface area contributed by atoms with E-state index >= 15 is 0 Å². The minimum atomic E-state index is -0.281. The number of carbonyl (C=O) groups excluding carboxylic acids is 1. The van der Waals surface area contributed by atoms with Crippen LogP contribution in [0.15, 0.2) is 75.6 Å². The Morgan fingerprint density at radius 3 is 2.74 bits per heavy atom. The highest BCUT2D eigenvalue weighted by molar-refractivity contribution is 9.10. The molecule has 5 nitrogen and oxygen atoms in total. The van der Waals surface area contributed by atoms with Gasteiger partial charge in [-0.25, -0.2) is 4.98 Å². The maximum Gasteiger partial charge on any atom is 0.271 e. The summed E-state index contributed by atoms with van der Waals surface area (Å²) in [6, 6.07) is 17.1. The topological polar surface area (TPSA) is 64.0 Å². The number of aromatic nitrogens is 2. The fourth-order valence-corrected chi connectivity index (χ4v) is 4.17. The zero-order valence-electron chi connectivity index (χ0n) is 14.1. The number of rotatable bonds is 4. The van der Waals surface area contributed by atoms with Crippen LogP contribution >= 0.6 is 27.3 Å². The molecule has 0 aliphatic heterocycles. The van der Waals surface area contributed by atoms with Gasteiger partial charge >= 0.3 is 0 Å². The lowest BCUT2D eigenvalue weighted by Crippen LogP contribution is -2.27. The smallest absolute Gasteiger partial charge is 0.271 e. The van der Waals surface area contributed by atoms with Crippen LogP contribution in [0.3, 0.4) is 0 Å². The Morgan fingerprint density at radius 1 is 1.15 bits per heavy atom. The molecular formula is C20H14BrN3O2S. The lowest BCUT2D eigenvalue weighted by molar-refractivity contribution is -0.116. The van der Waals surface area contributed by atoms with E-state index in [4.69, 9.17) is 0 Å². The van der Waals surface area contributed by atoms with Crippen LogP contribution in [0, 0.1) is 0 Å². The number of amides is 1. The van der Waals surface area contributed by atoms with Crippen molar-refractivity contribution in [2.24, 2.45) is 0 Å². The summed E-state index contributed by atoms with van der Waals surface area (Å²) in [6.45, 7) is -0.0904. The van der Waals surface area contributed by atoms with Gasteiger partial charge in [0.1, 0.15) is 11.2 Å². The first-order valence-electron chi connectivity index (χ1n) is 8.19. The van der Waals surface area contributed by atoms with Gasteiger partial charge in [0.25, 0.3) is 5.56 Å². The van der Waals surface area contributed by atoms with Gasteiger partial charge in [-0.15, -0.1) is 11.3 Å². The SMILES string of the molecule is O=C(Cn1cnc2c(-c3ccccc3)csc2c1=O)Nc1cccc(Br)c1. The summed E-state index contributed by atoms with van der Waals surface area (Å²) >= 11 is 4.71. The lowest BCUT2D eigenvalue weighted by atomic mass is 10.1. The van der Waals surface area contributed by atoms with E-state index in [1.807, 2.05) is 47.8 Å². The minimum Gasteiger partial charge on any atom is -0.324 e. The predicted molar refractivity (Wildman–Crippen MR) is 112 cm³/mol. The minimum absolute atomic E-state index is 0.0904. The van der Waals surface area contributed by atoms with Gasteiger partial charge in [-0.05, 0) is 23.8 Å². The molecule has 0 saturated carbocycles. The van der Waals surface area contributed by atoms with Gasteiger partial charge in [-0.2, -0.15) is 0 Å². The molecule has 4 rings (SSSR count). The number of benzene rings is 2. The van der Waals surface area contributed by atoms with E-state index < -0.39 is 0 Å². The van der Waals surface area contributed by atoms with Gasteiger partial charge in [-0.1, -0.05) is 52.3 Å². The third-order valence-corrected chi connectivity index (χ3v) is 5.50. The first-order valence-corrected chi connectivity index (χ1v) is 9.86.